The Kier molecular flexibility index (Phi) is 8.00. The molecule has 0 atom stereocenters. The SMILES string of the molecule is CC1(C)c2ccccc2-c2ccc(-c3c4c(c(-c5ccc6c(c5)C(C)(C)c5ccccc5-6)c5c(-c6ccccc6)c6ccccc6c(-c6ccccc6)c35)-c3cc5ccccc5c5cccc-4c35)cc21. The Labute approximate surface area is 409 Å². The van der Waals surface area contributed by atoms with E-state index in [1.165, 1.54) is 154 Å². The van der Waals surface area contributed by atoms with Gasteiger partial charge in [0.15, 0.2) is 0 Å². The lowest BCUT2D eigenvalue weighted by Crippen LogP contribution is -2.15. The van der Waals surface area contributed by atoms with Crippen LogP contribution in [0.25, 0.3) is 132 Å². The molecule has 0 N–H and O–H groups in total. The summed E-state index contributed by atoms with van der Waals surface area (Å²) in [5.74, 6) is 0. The quantitative estimate of drug-likeness (QED) is 0.122. The highest BCUT2D eigenvalue weighted by molar-refractivity contribution is 6.37. The van der Waals surface area contributed by atoms with Crippen molar-refractivity contribution in [1.82, 2.24) is 0 Å². The van der Waals surface area contributed by atoms with Crippen molar-refractivity contribution in [2.24, 2.45) is 0 Å². The zero-order valence-corrected chi connectivity index (χ0v) is 39.8. The minimum Gasteiger partial charge on any atom is -0.0622 e. The average Bonchev–Trinajstić information content (AvgIpc) is 3.94. The fraction of sp³-hybridized carbons (Fsp3) is 0.0857. The molecular weight excluding hydrogens is 841 g/mol. The van der Waals surface area contributed by atoms with Gasteiger partial charge in [-0.1, -0.05) is 228 Å². The maximum absolute atomic E-state index is 2.58. The molecule has 15 rings (SSSR count). The van der Waals surface area contributed by atoms with Gasteiger partial charge in [-0.2, -0.15) is 0 Å². The molecular formula is C70H48. The highest BCUT2D eigenvalue weighted by Gasteiger charge is 2.40. The smallest absolute Gasteiger partial charge is 0.0159 e. The van der Waals surface area contributed by atoms with E-state index < -0.39 is 0 Å². The third kappa shape index (κ3) is 5.15. The molecule has 0 amide bonds. The van der Waals surface area contributed by atoms with Gasteiger partial charge in [0.05, 0.1) is 0 Å². The van der Waals surface area contributed by atoms with Crippen molar-refractivity contribution < 1.29 is 0 Å². The van der Waals surface area contributed by atoms with Gasteiger partial charge >= 0.3 is 0 Å². The molecule has 12 aromatic carbocycles. The predicted molar refractivity (Wildman–Crippen MR) is 298 cm³/mol. The molecule has 12 aromatic rings. The predicted octanol–water partition coefficient (Wildman–Crippen LogP) is 19.2. The zero-order valence-electron chi connectivity index (χ0n) is 39.8. The van der Waals surface area contributed by atoms with Gasteiger partial charge in [-0.3, -0.25) is 0 Å². The van der Waals surface area contributed by atoms with E-state index in [9.17, 15) is 0 Å². The van der Waals surface area contributed by atoms with E-state index in [0.29, 0.717) is 0 Å². The fourth-order valence-electron chi connectivity index (χ4n) is 13.7. The highest BCUT2D eigenvalue weighted by atomic mass is 14.4. The van der Waals surface area contributed by atoms with Gasteiger partial charge in [-0.05, 0) is 173 Å². The van der Waals surface area contributed by atoms with Crippen LogP contribution in [0.3, 0.4) is 0 Å². The minimum atomic E-state index is -0.182. The summed E-state index contributed by atoms with van der Waals surface area (Å²) in [7, 11) is 0. The van der Waals surface area contributed by atoms with Crippen molar-refractivity contribution in [1.29, 1.82) is 0 Å². The number of hydrogen-bond acceptors (Lipinski definition) is 0. The van der Waals surface area contributed by atoms with Gasteiger partial charge in [0.2, 0.25) is 0 Å². The number of rotatable bonds is 4. The summed E-state index contributed by atoms with van der Waals surface area (Å²) in [4.78, 5) is 0. The molecule has 0 heterocycles. The van der Waals surface area contributed by atoms with Gasteiger partial charge in [0.25, 0.3) is 0 Å². The van der Waals surface area contributed by atoms with Gasteiger partial charge in [-0.25, -0.2) is 0 Å². The molecule has 0 radical (unpaired) electrons. The van der Waals surface area contributed by atoms with E-state index in [0.717, 1.165) is 0 Å². The van der Waals surface area contributed by atoms with Crippen molar-refractivity contribution >= 4 is 43.1 Å². The second kappa shape index (κ2) is 14.1. The van der Waals surface area contributed by atoms with Crippen molar-refractivity contribution in [2.45, 2.75) is 38.5 Å². The first-order chi connectivity index (χ1) is 34.3. The summed E-state index contributed by atoms with van der Waals surface area (Å²) >= 11 is 0. The van der Waals surface area contributed by atoms with Crippen LogP contribution < -0.4 is 0 Å². The third-order valence-electron chi connectivity index (χ3n) is 16.8. The molecule has 0 unspecified atom stereocenters. The van der Waals surface area contributed by atoms with Crippen LogP contribution in [0, 0.1) is 0 Å². The Bertz CT molecular complexity index is 4260. The maximum Gasteiger partial charge on any atom is 0.0159 e. The summed E-state index contributed by atoms with van der Waals surface area (Å²) in [6, 6.07) is 83.4. The lowest BCUT2D eigenvalue weighted by atomic mass is 9.74. The normalized spacial score (nSPS) is 14.2. The van der Waals surface area contributed by atoms with Crippen LogP contribution in [-0.2, 0) is 10.8 Å². The van der Waals surface area contributed by atoms with E-state index in [1.54, 1.807) is 0 Å². The van der Waals surface area contributed by atoms with Crippen molar-refractivity contribution in [3.63, 3.8) is 0 Å². The highest BCUT2D eigenvalue weighted by Crippen LogP contribution is 2.63. The van der Waals surface area contributed by atoms with E-state index in [4.69, 9.17) is 0 Å². The minimum absolute atomic E-state index is 0.180. The fourth-order valence-corrected chi connectivity index (χ4v) is 13.7. The molecule has 328 valence electrons. The Morgan fingerprint density at radius 1 is 0.229 bits per heavy atom. The van der Waals surface area contributed by atoms with E-state index >= 15 is 0 Å². The summed E-state index contributed by atoms with van der Waals surface area (Å²) < 4.78 is 0. The Balaban J connectivity index is 1.22. The summed E-state index contributed by atoms with van der Waals surface area (Å²) in [5.41, 5.74) is 25.8. The first-order valence-corrected chi connectivity index (χ1v) is 24.9. The van der Waals surface area contributed by atoms with E-state index in [-0.39, 0.29) is 10.8 Å². The Morgan fingerprint density at radius 2 is 0.643 bits per heavy atom. The van der Waals surface area contributed by atoms with Crippen LogP contribution in [0.2, 0.25) is 0 Å². The third-order valence-corrected chi connectivity index (χ3v) is 16.8. The molecule has 70 heavy (non-hydrogen) atoms. The second-order valence-corrected chi connectivity index (χ2v) is 21.0. The van der Waals surface area contributed by atoms with Crippen LogP contribution in [0.4, 0.5) is 0 Å². The molecule has 0 aromatic heterocycles. The summed E-state index contributed by atoms with van der Waals surface area (Å²) in [6.07, 6.45) is 0. The number of benzene rings is 12. The maximum atomic E-state index is 2.58. The molecule has 0 spiro atoms. The molecule has 0 fully saturated rings. The van der Waals surface area contributed by atoms with Crippen molar-refractivity contribution in [3.05, 3.63) is 241 Å². The van der Waals surface area contributed by atoms with Crippen molar-refractivity contribution in [3.8, 4) is 89.0 Å². The van der Waals surface area contributed by atoms with E-state index in [1.807, 2.05) is 0 Å². The van der Waals surface area contributed by atoms with Crippen LogP contribution in [0.15, 0.2) is 218 Å². The molecule has 3 aliphatic carbocycles. The molecule has 3 aliphatic rings. The van der Waals surface area contributed by atoms with Gasteiger partial charge in [0, 0.05) is 10.8 Å². The average molecular weight is 889 g/mol. The van der Waals surface area contributed by atoms with Gasteiger partial charge in [-0.15, -0.1) is 0 Å². The molecule has 0 nitrogen and oxygen atoms in total. The molecule has 0 saturated carbocycles. The van der Waals surface area contributed by atoms with Crippen LogP contribution in [0.5, 0.6) is 0 Å². The van der Waals surface area contributed by atoms with E-state index in [2.05, 4.69) is 246 Å². The van der Waals surface area contributed by atoms with Gasteiger partial charge in [0.1, 0.15) is 0 Å². The van der Waals surface area contributed by atoms with Crippen molar-refractivity contribution in [2.75, 3.05) is 0 Å². The monoisotopic (exact) mass is 888 g/mol. The second-order valence-electron chi connectivity index (χ2n) is 21.0. The standard InChI is InChI=1S/C70H48/c1-69(2)56-32-17-15-26-47(56)49-36-34-44(39-58(49)69)62-65-54-31-19-30-51-46-25-12-11-24-43(46)38-55(64(51)54)66(65)63(45-35-37-50-48-27-16-18-33-57(48)70(3,4)59(50)40-45)68-61(42-22-9-6-10-23-42)53-29-14-13-28-52(53)60(67(62)68)41-20-7-5-8-21-41/h5-40H,1-4H3. The van der Waals surface area contributed by atoms with Crippen LogP contribution in [0.1, 0.15) is 49.9 Å². The number of fused-ring (bicyclic) bond motifs is 13. The topological polar surface area (TPSA) is 0 Å². The largest absolute Gasteiger partial charge is 0.0622 e. The molecule has 0 aliphatic heterocycles. The Morgan fingerprint density at radius 3 is 1.19 bits per heavy atom. The molecule has 0 bridgehead atoms. The summed E-state index contributed by atoms with van der Waals surface area (Å²) in [6.45, 7) is 9.66. The Hall–Kier alpha value is -8.32. The van der Waals surface area contributed by atoms with Gasteiger partial charge < -0.3 is 0 Å². The lowest BCUT2D eigenvalue weighted by molar-refractivity contribution is 0.660. The molecule has 0 heteroatoms. The first kappa shape index (κ1) is 39.7. The number of hydrogen-bond donors (Lipinski definition) is 0. The molecule has 0 saturated heterocycles. The van der Waals surface area contributed by atoms with Crippen LogP contribution >= 0.6 is 0 Å². The first-order valence-electron chi connectivity index (χ1n) is 24.9. The lowest BCUT2D eigenvalue weighted by Gasteiger charge is -2.28. The van der Waals surface area contributed by atoms with Crippen LogP contribution in [-0.4, -0.2) is 0 Å². The zero-order chi connectivity index (χ0) is 46.6. The summed E-state index contributed by atoms with van der Waals surface area (Å²) in [5, 5.41) is 10.3.